The van der Waals surface area contributed by atoms with Gasteiger partial charge in [0.25, 0.3) is 0 Å². The first-order valence-electron chi connectivity index (χ1n) is 8.13. The summed E-state index contributed by atoms with van der Waals surface area (Å²) < 4.78 is 63.5. The van der Waals surface area contributed by atoms with Crippen LogP contribution in [0.2, 0.25) is 0 Å². The van der Waals surface area contributed by atoms with Crippen LogP contribution >= 0.6 is 11.8 Å². The van der Waals surface area contributed by atoms with E-state index in [0.29, 0.717) is 16.9 Å². The highest BCUT2D eigenvalue weighted by molar-refractivity contribution is 7.99. The lowest BCUT2D eigenvalue weighted by molar-refractivity contribution is -0.121. The molecule has 1 aromatic carbocycles. The average Bonchev–Trinajstić information content (AvgIpc) is 3.36. The number of hydrogen-bond donors (Lipinski definition) is 2. The maximum absolute atomic E-state index is 12.2. The van der Waals surface area contributed by atoms with Crippen molar-refractivity contribution in [2.45, 2.75) is 35.1 Å². The minimum atomic E-state index is -4.65. The molecule has 1 aromatic heterocycles. The third kappa shape index (κ3) is 5.69. The summed E-state index contributed by atoms with van der Waals surface area (Å²) in [6.45, 7) is -1.66. The highest BCUT2D eigenvalue weighted by Crippen LogP contribution is 2.37. The number of alkyl halides is 3. The van der Waals surface area contributed by atoms with Gasteiger partial charge in [-0.2, -0.15) is 13.2 Å². The van der Waals surface area contributed by atoms with E-state index in [2.05, 4.69) is 15.5 Å². The zero-order valence-electron chi connectivity index (χ0n) is 14.3. The number of thioether (sulfide) groups is 1. The zero-order valence-corrected chi connectivity index (χ0v) is 15.9. The first kappa shape index (κ1) is 20.6. The van der Waals surface area contributed by atoms with E-state index in [1.165, 1.54) is 28.6 Å². The molecule has 0 saturated heterocycles. The Balaban J connectivity index is 1.53. The number of amides is 1. The van der Waals surface area contributed by atoms with E-state index in [1.807, 2.05) is 4.57 Å². The van der Waals surface area contributed by atoms with Gasteiger partial charge in [-0.1, -0.05) is 11.8 Å². The van der Waals surface area contributed by atoms with Crippen molar-refractivity contribution in [3.8, 4) is 0 Å². The van der Waals surface area contributed by atoms with Crippen molar-refractivity contribution in [3.05, 3.63) is 30.6 Å². The van der Waals surface area contributed by atoms with Crippen molar-refractivity contribution in [2.24, 2.45) is 0 Å². The van der Waals surface area contributed by atoms with Crippen molar-refractivity contribution in [1.82, 2.24) is 19.5 Å². The van der Waals surface area contributed by atoms with E-state index in [4.69, 9.17) is 0 Å². The molecule has 8 nitrogen and oxygen atoms in total. The number of hydrogen-bond acceptors (Lipinski definition) is 6. The number of carbonyl (C=O) groups excluding carboxylic acids is 1. The van der Waals surface area contributed by atoms with Gasteiger partial charge in [-0.25, -0.2) is 13.1 Å². The molecule has 0 radical (unpaired) electrons. The third-order valence-corrected chi connectivity index (χ3v) is 6.10. The number of aromatic nitrogens is 3. The fraction of sp³-hybridized carbons (Fsp3) is 0.400. The minimum absolute atomic E-state index is 0.0819. The van der Waals surface area contributed by atoms with E-state index >= 15 is 0 Å². The van der Waals surface area contributed by atoms with Gasteiger partial charge in [0.15, 0.2) is 5.16 Å². The van der Waals surface area contributed by atoms with Crippen LogP contribution < -0.4 is 10.0 Å². The highest BCUT2D eigenvalue weighted by atomic mass is 32.2. The van der Waals surface area contributed by atoms with Crippen molar-refractivity contribution >= 4 is 33.4 Å². The standard InChI is InChI=1S/C15H16F3N5O3S2/c16-15(17,18)8-20-28(25,26)12-5-1-10(2-6-12)21-13(24)7-27-14-22-19-9-23(14)11-3-4-11/h1-2,5-6,9,11,20H,3-4,7-8H2,(H,21,24). The number of sulfonamides is 1. The van der Waals surface area contributed by atoms with E-state index in [9.17, 15) is 26.4 Å². The number of carbonyl (C=O) groups is 1. The van der Waals surface area contributed by atoms with Crippen molar-refractivity contribution in [1.29, 1.82) is 0 Å². The quantitative estimate of drug-likeness (QED) is 0.616. The van der Waals surface area contributed by atoms with Crippen molar-refractivity contribution < 1.29 is 26.4 Å². The van der Waals surface area contributed by atoms with Gasteiger partial charge < -0.3 is 9.88 Å². The maximum Gasteiger partial charge on any atom is 0.402 e. The van der Waals surface area contributed by atoms with Crippen LogP contribution in [0.3, 0.4) is 0 Å². The molecule has 1 amide bonds. The van der Waals surface area contributed by atoms with Gasteiger partial charge in [0.05, 0.1) is 10.6 Å². The number of anilines is 1. The number of benzene rings is 1. The predicted molar refractivity (Wildman–Crippen MR) is 95.3 cm³/mol. The number of nitrogens with zero attached hydrogens (tertiary/aromatic N) is 3. The molecule has 2 N–H and O–H groups in total. The summed E-state index contributed by atoms with van der Waals surface area (Å²) in [5, 5.41) is 11.0. The summed E-state index contributed by atoms with van der Waals surface area (Å²) in [4.78, 5) is 11.7. The molecule has 2 aromatic rings. The topological polar surface area (TPSA) is 106 Å². The summed E-state index contributed by atoms with van der Waals surface area (Å²) in [5.74, 6) is -0.250. The molecule has 1 fully saturated rings. The fourth-order valence-corrected chi connectivity index (χ4v) is 4.04. The normalized spacial score (nSPS) is 14.8. The Kier molecular flexibility index (Phi) is 5.95. The summed E-state index contributed by atoms with van der Waals surface area (Å²) >= 11 is 1.23. The Morgan fingerprint density at radius 3 is 2.54 bits per heavy atom. The number of nitrogens with one attached hydrogen (secondary N) is 2. The van der Waals surface area contributed by atoms with Crippen LogP contribution in [0.4, 0.5) is 18.9 Å². The third-order valence-electron chi connectivity index (χ3n) is 3.72. The van der Waals surface area contributed by atoms with Gasteiger partial charge in [0, 0.05) is 11.7 Å². The van der Waals surface area contributed by atoms with Crippen molar-refractivity contribution in [3.63, 3.8) is 0 Å². The molecule has 13 heteroatoms. The first-order chi connectivity index (χ1) is 13.1. The van der Waals surface area contributed by atoms with E-state index in [-0.39, 0.29) is 16.6 Å². The summed E-state index contributed by atoms with van der Waals surface area (Å²) in [7, 11) is -4.29. The monoisotopic (exact) mass is 435 g/mol. The lowest BCUT2D eigenvalue weighted by Crippen LogP contribution is -2.33. The number of halogens is 3. The Bertz CT molecular complexity index is 941. The molecule has 1 saturated carbocycles. The van der Waals surface area contributed by atoms with Crippen LogP contribution in [0, 0.1) is 0 Å². The molecule has 1 heterocycles. The molecule has 0 unspecified atom stereocenters. The van der Waals surface area contributed by atoms with Gasteiger partial charge in [0.2, 0.25) is 15.9 Å². The van der Waals surface area contributed by atoms with Crippen LogP contribution in [0.15, 0.2) is 40.6 Å². The second kappa shape index (κ2) is 8.09. The minimum Gasteiger partial charge on any atom is -0.325 e. The SMILES string of the molecule is O=C(CSc1nncn1C1CC1)Nc1ccc(S(=O)(=O)NCC(F)(F)F)cc1. The Labute approximate surface area is 163 Å². The van der Waals surface area contributed by atoms with Gasteiger partial charge in [-0.05, 0) is 37.1 Å². The smallest absolute Gasteiger partial charge is 0.325 e. The molecule has 0 aliphatic heterocycles. The van der Waals surface area contributed by atoms with Crippen molar-refractivity contribution in [2.75, 3.05) is 17.6 Å². The second-order valence-electron chi connectivity index (χ2n) is 6.05. The van der Waals surface area contributed by atoms with E-state index in [1.54, 1.807) is 6.33 Å². The molecule has 3 rings (SSSR count). The van der Waals surface area contributed by atoms with Crippen LogP contribution in [0.5, 0.6) is 0 Å². The molecule has 1 aliphatic carbocycles. The average molecular weight is 435 g/mol. The fourth-order valence-electron chi connectivity index (χ4n) is 2.24. The predicted octanol–water partition coefficient (Wildman–Crippen LogP) is 2.18. The Morgan fingerprint density at radius 2 is 1.93 bits per heavy atom. The maximum atomic E-state index is 12.2. The lowest BCUT2D eigenvalue weighted by atomic mass is 10.3. The summed E-state index contributed by atoms with van der Waals surface area (Å²) in [5.41, 5.74) is 0.323. The molecule has 28 heavy (non-hydrogen) atoms. The Morgan fingerprint density at radius 1 is 1.25 bits per heavy atom. The lowest BCUT2D eigenvalue weighted by Gasteiger charge is -2.10. The molecular formula is C15H16F3N5O3S2. The summed E-state index contributed by atoms with van der Waals surface area (Å²) in [6, 6.07) is 5.23. The molecular weight excluding hydrogens is 419 g/mol. The molecule has 0 atom stereocenters. The zero-order chi connectivity index (χ0) is 20.4. The van der Waals surface area contributed by atoms with Crippen LogP contribution in [0.25, 0.3) is 0 Å². The molecule has 1 aliphatic rings. The van der Waals surface area contributed by atoms with Gasteiger partial charge >= 0.3 is 6.18 Å². The van der Waals surface area contributed by atoms with Crippen LogP contribution in [-0.2, 0) is 14.8 Å². The van der Waals surface area contributed by atoms with E-state index < -0.39 is 22.7 Å². The molecule has 152 valence electrons. The molecule has 0 bridgehead atoms. The van der Waals surface area contributed by atoms with E-state index in [0.717, 1.165) is 25.0 Å². The van der Waals surface area contributed by atoms with Gasteiger partial charge in [-0.15, -0.1) is 10.2 Å². The first-order valence-corrected chi connectivity index (χ1v) is 10.6. The van der Waals surface area contributed by atoms with Gasteiger partial charge in [-0.3, -0.25) is 4.79 Å². The summed E-state index contributed by atoms with van der Waals surface area (Å²) in [6.07, 6.45) is -0.901. The molecule has 0 spiro atoms. The largest absolute Gasteiger partial charge is 0.402 e. The Hall–Kier alpha value is -2.12. The second-order valence-corrected chi connectivity index (χ2v) is 8.76. The van der Waals surface area contributed by atoms with Gasteiger partial charge in [0.1, 0.15) is 12.9 Å². The van der Waals surface area contributed by atoms with Crippen LogP contribution in [-0.4, -0.2) is 47.6 Å². The van der Waals surface area contributed by atoms with Crippen LogP contribution in [0.1, 0.15) is 18.9 Å². The number of rotatable bonds is 8. The highest BCUT2D eigenvalue weighted by Gasteiger charge is 2.30.